The van der Waals surface area contributed by atoms with Crippen LogP contribution in [0.4, 0.5) is 51.8 Å². The minimum Gasteiger partial charge on any atom is -0.418 e. The first-order valence-electron chi connectivity index (χ1n) is 3.03. The minimum atomic E-state index is -6.00. The van der Waals surface area contributed by atoms with Gasteiger partial charge in [0.1, 0.15) is 11.6 Å². The van der Waals surface area contributed by atoms with E-state index in [-0.39, 0.29) is 0 Å². The molecule has 0 heterocycles. The van der Waals surface area contributed by atoms with Crippen LogP contribution in [-0.2, 0) is 11.6 Å². The smallest absolute Gasteiger partial charge is 0.418 e. The Morgan fingerprint density at radius 1 is 0.444 bits per heavy atom. The van der Waals surface area contributed by atoms with Gasteiger partial charge in [0.2, 0.25) is 0 Å². The molecule has 0 unspecified atom stereocenters. The number of hydrogen-bond donors (Lipinski definition) is 0. The summed E-state index contributed by atoms with van der Waals surface area (Å²) in [6, 6.07) is 0. The first kappa shape index (κ1) is 26.0. The normalized spacial score (nSPS) is 10.9. The number of halogens is 12. The van der Waals surface area contributed by atoms with Crippen LogP contribution in [0.5, 0.6) is 0 Å². The zero-order valence-corrected chi connectivity index (χ0v) is 8.58. The lowest BCUT2D eigenvalue weighted by Gasteiger charge is -1.94. The van der Waals surface area contributed by atoms with Crippen molar-refractivity contribution in [1.82, 2.24) is 0 Å². The van der Waals surface area contributed by atoms with Gasteiger partial charge < -0.3 is 51.8 Å². The van der Waals surface area contributed by atoms with E-state index in [0.29, 0.717) is 0 Å². The molecule has 18 heteroatoms. The summed E-state index contributed by atoms with van der Waals surface area (Å²) in [5.41, 5.74) is 0. The summed E-state index contributed by atoms with van der Waals surface area (Å²) >= 11 is -1.42. The van der Waals surface area contributed by atoms with Gasteiger partial charge in [0, 0.05) is 0 Å². The third kappa shape index (κ3) is 6480. The molecule has 0 aliphatic heterocycles. The van der Waals surface area contributed by atoms with Crippen molar-refractivity contribution in [1.29, 1.82) is 0 Å². The van der Waals surface area contributed by atoms with Gasteiger partial charge in [-0.05, 0) is 0 Å². The van der Waals surface area contributed by atoms with Gasteiger partial charge >= 0.3 is 21.8 Å². The predicted octanol–water partition coefficient (Wildman–Crippen LogP) is 2.69. The zero-order chi connectivity index (χ0) is 16.2. The molecule has 0 saturated carbocycles. The van der Waals surface area contributed by atoms with Crippen molar-refractivity contribution in [2.45, 2.75) is 0 Å². The molecule has 0 aliphatic carbocycles. The average Bonchev–Trinajstić information content (AvgIpc) is 1.71. The van der Waals surface area contributed by atoms with Gasteiger partial charge in [0.25, 0.3) is 0 Å². The summed E-state index contributed by atoms with van der Waals surface area (Å²) < 4.78 is 134. The Morgan fingerprint density at radius 2 is 0.444 bits per heavy atom. The number of hydrogen-bond acceptors (Lipinski definition) is 2. The summed E-state index contributed by atoms with van der Waals surface area (Å²) in [7, 11) is -18.0. The quantitative estimate of drug-likeness (QED) is 0.507. The fourth-order valence-corrected chi connectivity index (χ4v) is 0. The molecule has 18 heavy (non-hydrogen) atoms. The lowest BCUT2D eigenvalue weighted by atomic mass is 10.3. The Bertz CT molecular complexity index is 160. The summed E-state index contributed by atoms with van der Waals surface area (Å²) in [6.45, 7) is 0. The predicted molar refractivity (Wildman–Crippen MR) is 42.3 cm³/mol. The van der Waals surface area contributed by atoms with Crippen LogP contribution in [0.1, 0.15) is 0 Å². The molecule has 0 aromatic rings. The van der Waals surface area contributed by atoms with Crippen molar-refractivity contribution in [3.8, 4) is 0 Å². The van der Waals surface area contributed by atoms with Gasteiger partial charge in [-0.15, -0.1) is 0 Å². The molecule has 0 atom stereocenters. The maximum absolute atomic E-state index is 9.75. The monoisotopic (exact) mass is 327 g/mol. The second-order valence-corrected chi connectivity index (χ2v) is 1.73. The van der Waals surface area contributed by atoms with E-state index in [1.165, 1.54) is 0 Å². The molecular weight excluding hydrogens is 324 g/mol. The summed E-state index contributed by atoms with van der Waals surface area (Å²) in [5.74, 6) is 0. The molecule has 0 fully saturated rings. The minimum absolute atomic E-state index is 1.42. The van der Waals surface area contributed by atoms with E-state index < -0.39 is 33.3 Å². The molecule has 0 N–H and O–H groups in total. The second-order valence-electron chi connectivity index (χ2n) is 1.57. The highest BCUT2D eigenvalue weighted by molar-refractivity contribution is 7.51. The molecular formula is H2B3F12O2S-3. The van der Waals surface area contributed by atoms with Crippen LogP contribution in [0.15, 0.2) is 0 Å². The van der Waals surface area contributed by atoms with Crippen LogP contribution >= 0.6 is 0 Å². The Hall–Kier alpha value is -0.695. The van der Waals surface area contributed by atoms with Crippen molar-refractivity contribution >= 4 is 33.3 Å². The molecule has 0 rings (SSSR count). The molecule has 0 amide bonds. The van der Waals surface area contributed by atoms with E-state index in [4.69, 9.17) is 8.42 Å². The molecule has 0 aromatic heterocycles. The average molecular weight is 326 g/mol. The maximum atomic E-state index is 9.75. The van der Waals surface area contributed by atoms with Gasteiger partial charge in [0.05, 0.1) is 0 Å². The van der Waals surface area contributed by atoms with Crippen molar-refractivity contribution in [2.75, 3.05) is 0 Å². The van der Waals surface area contributed by atoms with Gasteiger partial charge in [-0.2, -0.15) is 0 Å². The van der Waals surface area contributed by atoms with E-state index in [2.05, 4.69) is 0 Å². The van der Waals surface area contributed by atoms with Gasteiger partial charge in [-0.25, -0.2) is 8.42 Å². The number of rotatable bonds is 0. The molecule has 0 radical (unpaired) electrons. The summed E-state index contributed by atoms with van der Waals surface area (Å²) in [6.07, 6.45) is 0. The zero-order valence-electron chi connectivity index (χ0n) is 7.58. The SMILES string of the molecule is F[B-](F)(F)F.F[B-](F)(F)F.F[B-](F)(F)F.O=[SH2]=O. The molecule has 116 valence electrons. The highest BCUT2D eigenvalue weighted by Gasteiger charge is 2.21. The van der Waals surface area contributed by atoms with Crippen LogP contribution in [-0.4, -0.2) is 30.2 Å². The van der Waals surface area contributed by atoms with E-state index >= 15 is 0 Å². The van der Waals surface area contributed by atoms with E-state index in [0.717, 1.165) is 0 Å². The van der Waals surface area contributed by atoms with Crippen molar-refractivity contribution in [3.63, 3.8) is 0 Å². The van der Waals surface area contributed by atoms with Gasteiger partial charge in [-0.3, -0.25) is 0 Å². The second kappa shape index (κ2) is 11.4. The van der Waals surface area contributed by atoms with Crippen LogP contribution in [0, 0.1) is 0 Å². The van der Waals surface area contributed by atoms with Crippen molar-refractivity contribution < 1.29 is 60.2 Å². The topological polar surface area (TPSA) is 34.1 Å². The lowest BCUT2D eigenvalue weighted by molar-refractivity contribution is 0.366. The Labute approximate surface area is 94.6 Å². The third-order valence-corrected chi connectivity index (χ3v) is 0. The fraction of sp³-hybridized carbons (Fsp3) is 0. The molecule has 2 nitrogen and oxygen atoms in total. The van der Waals surface area contributed by atoms with E-state index in [1.807, 2.05) is 0 Å². The van der Waals surface area contributed by atoms with E-state index in [1.54, 1.807) is 0 Å². The van der Waals surface area contributed by atoms with Gasteiger partial charge in [-0.1, -0.05) is 0 Å². The first-order valence-corrected chi connectivity index (χ1v) is 3.84. The fourth-order valence-electron chi connectivity index (χ4n) is 0. The molecule has 0 spiro atoms. The highest BCUT2D eigenvalue weighted by atomic mass is 32.1. The Balaban J connectivity index is -0.0000000739. The molecule has 0 bridgehead atoms. The standard InChI is InChI=1S/3BF4.H2O2S/c3*2-1(3,4)5;1-3-2/h;;;3H2/q3*-1;. The lowest BCUT2D eigenvalue weighted by Crippen LogP contribution is -2.02. The summed E-state index contributed by atoms with van der Waals surface area (Å²) in [5, 5.41) is 0. The van der Waals surface area contributed by atoms with E-state index in [9.17, 15) is 51.8 Å². The van der Waals surface area contributed by atoms with Crippen LogP contribution in [0.2, 0.25) is 0 Å². The summed E-state index contributed by atoms with van der Waals surface area (Å²) in [4.78, 5) is 0. The largest absolute Gasteiger partial charge is 0.673 e. The molecule has 0 aromatic carbocycles. The maximum Gasteiger partial charge on any atom is 0.673 e. The molecule has 0 saturated heterocycles. The van der Waals surface area contributed by atoms with Crippen molar-refractivity contribution in [3.05, 3.63) is 0 Å². The van der Waals surface area contributed by atoms with Crippen molar-refractivity contribution in [2.24, 2.45) is 0 Å². The first-order chi connectivity index (χ1) is 7.41. The van der Waals surface area contributed by atoms with Crippen LogP contribution in [0.25, 0.3) is 0 Å². The van der Waals surface area contributed by atoms with Crippen LogP contribution in [0.3, 0.4) is 0 Å². The van der Waals surface area contributed by atoms with Crippen LogP contribution < -0.4 is 0 Å². The molecule has 0 aliphatic rings. The highest BCUT2D eigenvalue weighted by Crippen LogP contribution is 2.07. The Kier molecular flexibility index (Phi) is 16.5. The third-order valence-electron chi connectivity index (χ3n) is 0. The Morgan fingerprint density at radius 3 is 0.444 bits per heavy atom. The van der Waals surface area contributed by atoms with Gasteiger partial charge in [0.15, 0.2) is 0 Å².